The molecule has 1 amide bonds. The number of carbonyl (C=O) groups is 1. The lowest BCUT2D eigenvalue weighted by atomic mass is 9.99. The summed E-state index contributed by atoms with van der Waals surface area (Å²) in [6, 6.07) is 7.55. The van der Waals surface area contributed by atoms with Crippen LogP contribution in [-0.2, 0) is 4.79 Å². The molecule has 6 nitrogen and oxygen atoms in total. The second-order valence-corrected chi connectivity index (χ2v) is 7.67. The molecule has 1 aliphatic rings. The fourth-order valence-corrected chi connectivity index (χ4v) is 4.02. The maximum absolute atomic E-state index is 12.5. The fraction of sp³-hybridized carbons (Fsp3) is 0.450. The summed E-state index contributed by atoms with van der Waals surface area (Å²) in [5, 5.41) is 10.9. The van der Waals surface area contributed by atoms with Gasteiger partial charge in [-0.15, -0.1) is 0 Å². The largest absolute Gasteiger partial charge is 0.493 e. The number of thioether (sulfide) groups is 1. The molecule has 0 bridgehead atoms. The van der Waals surface area contributed by atoms with Gasteiger partial charge in [-0.05, 0) is 30.9 Å². The predicted molar refractivity (Wildman–Crippen MR) is 105 cm³/mol. The van der Waals surface area contributed by atoms with Crippen molar-refractivity contribution in [3.05, 3.63) is 23.8 Å². The number of nitrogens with zero attached hydrogens (tertiary/aromatic N) is 3. The number of methoxy groups -OCH3 is 2. The van der Waals surface area contributed by atoms with E-state index in [0.29, 0.717) is 33.5 Å². The van der Waals surface area contributed by atoms with Crippen molar-refractivity contribution >= 4 is 28.6 Å². The average molecular weight is 385 g/mol. The van der Waals surface area contributed by atoms with Gasteiger partial charge in [-0.2, -0.15) is 5.26 Å². The van der Waals surface area contributed by atoms with Crippen LogP contribution in [0.4, 0.5) is 0 Å². The van der Waals surface area contributed by atoms with E-state index < -0.39 is 0 Å². The third-order valence-corrected chi connectivity index (χ3v) is 5.85. The highest BCUT2D eigenvalue weighted by molar-refractivity contribution is 8.00. The number of hydrogen-bond acceptors (Lipinski definition) is 6. The molecule has 1 aromatic heterocycles. The second-order valence-electron chi connectivity index (χ2n) is 6.70. The molecule has 1 fully saturated rings. The summed E-state index contributed by atoms with van der Waals surface area (Å²) in [4.78, 5) is 19.0. The van der Waals surface area contributed by atoms with Crippen LogP contribution in [0.2, 0.25) is 0 Å². The van der Waals surface area contributed by atoms with Gasteiger partial charge in [0.25, 0.3) is 0 Å². The third kappa shape index (κ3) is 4.28. The Labute approximate surface area is 163 Å². The molecule has 2 aromatic rings. The summed E-state index contributed by atoms with van der Waals surface area (Å²) < 4.78 is 10.6. The molecule has 27 heavy (non-hydrogen) atoms. The Morgan fingerprint density at radius 2 is 1.93 bits per heavy atom. The lowest BCUT2D eigenvalue weighted by Crippen LogP contribution is -2.38. The Morgan fingerprint density at radius 3 is 2.56 bits per heavy atom. The Hall–Kier alpha value is -2.46. The molecule has 0 atom stereocenters. The molecule has 0 radical (unpaired) electrons. The van der Waals surface area contributed by atoms with Gasteiger partial charge in [-0.1, -0.05) is 18.7 Å². The number of ether oxygens (including phenoxy) is 2. The minimum atomic E-state index is 0.102. The normalized spacial score (nSPS) is 14.8. The zero-order valence-corrected chi connectivity index (χ0v) is 16.6. The van der Waals surface area contributed by atoms with Gasteiger partial charge in [0.1, 0.15) is 11.1 Å². The van der Waals surface area contributed by atoms with E-state index in [1.54, 1.807) is 32.4 Å². The molecule has 0 unspecified atom stereocenters. The Bertz CT molecular complexity index is 886. The lowest BCUT2D eigenvalue weighted by Gasteiger charge is -2.30. The zero-order chi connectivity index (χ0) is 19.4. The van der Waals surface area contributed by atoms with Crippen LogP contribution in [0, 0.1) is 17.2 Å². The molecule has 2 heterocycles. The molecule has 1 aromatic carbocycles. The van der Waals surface area contributed by atoms with Crippen molar-refractivity contribution in [2.45, 2.75) is 24.8 Å². The van der Waals surface area contributed by atoms with E-state index in [4.69, 9.17) is 9.47 Å². The zero-order valence-electron chi connectivity index (χ0n) is 15.8. The van der Waals surface area contributed by atoms with Gasteiger partial charge in [-0.3, -0.25) is 4.79 Å². The second kappa shape index (κ2) is 8.49. The molecule has 1 aliphatic heterocycles. The van der Waals surface area contributed by atoms with Gasteiger partial charge in [0.15, 0.2) is 11.5 Å². The maximum atomic E-state index is 12.5. The number of hydrogen-bond donors (Lipinski definition) is 0. The van der Waals surface area contributed by atoms with Crippen LogP contribution in [0.25, 0.3) is 10.9 Å². The molecule has 3 rings (SSSR count). The molecule has 0 N–H and O–H groups in total. The van der Waals surface area contributed by atoms with Crippen molar-refractivity contribution in [3.63, 3.8) is 0 Å². The first-order valence-electron chi connectivity index (χ1n) is 8.93. The van der Waals surface area contributed by atoms with E-state index in [1.165, 1.54) is 11.8 Å². The summed E-state index contributed by atoms with van der Waals surface area (Å²) in [5.41, 5.74) is 1.16. The van der Waals surface area contributed by atoms with Crippen LogP contribution < -0.4 is 9.47 Å². The highest BCUT2D eigenvalue weighted by Crippen LogP contribution is 2.34. The van der Waals surface area contributed by atoms with Crippen molar-refractivity contribution in [3.8, 4) is 17.6 Å². The molecular weight excluding hydrogens is 362 g/mol. The number of benzene rings is 1. The smallest absolute Gasteiger partial charge is 0.232 e. The van der Waals surface area contributed by atoms with Gasteiger partial charge in [-0.25, -0.2) is 4.98 Å². The minimum Gasteiger partial charge on any atom is -0.493 e. The van der Waals surface area contributed by atoms with Crippen LogP contribution in [0.1, 0.15) is 25.3 Å². The topological polar surface area (TPSA) is 75.5 Å². The molecule has 0 saturated carbocycles. The van der Waals surface area contributed by atoms with E-state index in [1.807, 2.05) is 4.90 Å². The molecule has 0 aliphatic carbocycles. The first-order chi connectivity index (χ1) is 13.0. The SMILES string of the molecule is COc1cc2cc(C#N)c(SCC(=O)N3CCC(C)CC3)nc2cc1OC. The number of nitriles is 1. The number of carbonyl (C=O) groups excluding carboxylic acids is 1. The van der Waals surface area contributed by atoms with Crippen molar-refractivity contribution in [2.24, 2.45) is 5.92 Å². The van der Waals surface area contributed by atoms with Crippen molar-refractivity contribution in [1.29, 1.82) is 5.26 Å². The minimum absolute atomic E-state index is 0.102. The van der Waals surface area contributed by atoms with E-state index in [-0.39, 0.29) is 11.7 Å². The molecule has 7 heteroatoms. The van der Waals surface area contributed by atoms with E-state index >= 15 is 0 Å². The first-order valence-corrected chi connectivity index (χ1v) is 9.91. The standard InChI is InChI=1S/C20H23N3O3S/c1-13-4-6-23(7-5-13)19(24)12-27-20-15(11-21)8-14-9-17(25-2)18(26-3)10-16(14)22-20/h8-10,13H,4-7,12H2,1-3H3. The number of likely N-dealkylation sites (tertiary alicyclic amines) is 1. The van der Waals surface area contributed by atoms with Crippen LogP contribution in [0.3, 0.4) is 0 Å². The van der Waals surface area contributed by atoms with Gasteiger partial charge in [0, 0.05) is 24.5 Å². The first kappa shape index (κ1) is 19.3. The number of rotatable bonds is 5. The monoisotopic (exact) mass is 385 g/mol. The Kier molecular flexibility index (Phi) is 6.07. The average Bonchev–Trinajstić information content (AvgIpc) is 2.70. The summed E-state index contributed by atoms with van der Waals surface area (Å²) >= 11 is 1.32. The van der Waals surface area contributed by atoms with Crippen molar-refractivity contribution in [2.75, 3.05) is 33.1 Å². The van der Waals surface area contributed by atoms with E-state index in [2.05, 4.69) is 18.0 Å². The van der Waals surface area contributed by atoms with Crippen LogP contribution in [0.15, 0.2) is 23.2 Å². The third-order valence-electron chi connectivity index (χ3n) is 4.87. The van der Waals surface area contributed by atoms with Crippen LogP contribution in [0.5, 0.6) is 11.5 Å². The van der Waals surface area contributed by atoms with Crippen LogP contribution >= 0.6 is 11.8 Å². The van der Waals surface area contributed by atoms with Crippen molar-refractivity contribution < 1.29 is 14.3 Å². The fourth-order valence-electron chi connectivity index (χ4n) is 3.15. The number of amides is 1. The van der Waals surface area contributed by atoms with Crippen molar-refractivity contribution in [1.82, 2.24) is 9.88 Å². The number of fused-ring (bicyclic) bond motifs is 1. The highest BCUT2D eigenvalue weighted by Gasteiger charge is 2.21. The quantitative estimate of drug-likeness (QED) is 0.734. The highest BCUT2D eigenvalue weighted by atomic mass is 32.2. The van der Waals surface area contributed by atoms with Gasteiger partial charge < -0.3 is 14.4 Å². The molecule has 0 spiro atoms. The van der Waals surface area contributed by atoms with Gasteiger partial charge in [0.2, 0.25) is 5.91 Å². The Morgan fingerprint density at radius 1 is 1.26 bits per heavy atom. The van der Waals surface area contributed by atoms with E-state index in [0.717, 1.165) is 31.3 Å². The summed E-state index contributed by atoms with van der Waals surface area (Å²) in [6.45, 7) is 3.85. The molecular formula is C20H23N3O3S. The lowest BCUT2D eigenvalue weighted by molar-refractivity contribution is -0.129. The molecule has 1 saturated heterocycles. The van der Waals surface area contributed by atoms with Gasteiger partial charge >= 0.3 is 0 Å². The summed E-state index contributed by atoms with van der Waals surface area (Å²) in [5.74, 6) is 2.24. The summed E-state index contributed by atoms with van der Waals surface area (Å²) in [6.07, 6.45) is 2.10. The summed E-state index contributed by atoms with van der Waals surface area (Å²) in [7, 11) is 3.14. The number of piperidine rings is 1. The predicted octanol–water partition coefficient (Wildman–Crippen LogP) is 3.47. The number of aromatic nitrogens is 1. The maximum Gasteiger partial charge on any atom is 0.232 e. The Balaban J connectivity index is 1.81. The van der Waals surface area contributed by atoms with E-state index in [9.17, 15) is 10.1 Å². The number of pyridine rings is 1. The van der Waals surface area contributed by atoms with Crippen LogP contribution in [-0.4, -0.2) is 48.9 Å². The molecule has 142 valence electrons. The van der Waals surface area contributed by atoms with Gasteiger partial charge in [0.05, 0.1) is 31.1 Å².